The van der Waals surface area contributed by atoms with Gasteiger partial charge in [-0.1, -0.05) is 44.5 Å². The zero-order valence-electron chi connectivity index (χ0n) is 12.2. The van der Waals surface area contributed by atoms with Crippen LogP contribution in [-0.2, 0) is 4.79 Å². The minimum Gasteiger partial charge on any atom is -0.323 e. The Bertz CT molecular complexity index is 558. The van der Waals surface area contributed by atoms with Crippen molar-refractivity contribution in [2.75, 3.05) is 0 Å². The molecule has 3 heteroatoms. The van der Waals surface area contributed by atoms with E-state index in [0.717, 1.165) is 36.8 Å². The van der Waals surface area contributed by atoms with Crippen molar-refractivity contribution < 1.29 is 9.59 Å². The average Bonchev–Trinajstić information content (AvgIpc) is 2.71. The number of hydrogen-bond acceptors (Lipinski definition) is 2. The molecule has 1 aliphatic rings. The number of hydrogen-bond donors (Lipinski definition) is 1. The molecule has 0 saturated heterocycles. The van der Waals surface area contributed by atoms with E-state index in [0.29, 0.717) is 17.7 Å². The number of ketones is 1. The lowest BCUT2D eigenvalue weighted by atomic mass is 10.0. The number of unbranched alkanes of at least 4 members (excludes halogenated alkanes) is 1. The summed E-state index contributed by atoms with van der Waals surface area (Å²) in [6.45, 7) is 4.08. The summed E-state index contributed by atoms with van der Waals surface area (Å²) in [5, 5.41) is 2.83. The topological polar surface area (TPSA) is 46.2 Å². The van der Waals surface area contributed by atoms with Crippen LogP contribution in [0.2, 0.25) is 0 Å². The van der Waals surface area contributed by atoms with Crippen molar-refractivity contribution in [3.8, 4) is 0 Å². The molecule has 0 saturated carbocycles. The smallest absolute Gasteiger partial charge is 0.224 e. The van der Waals surface area contributed by atoms with E-state index in [1.807, 2.05) is 31.2 Å². The van der Waals surface area contributed by atoms with Crippen LogP contribution >= 0.6 is 0 Å². The molecule has 1 N–H and O–H groups in total. The number of Topliss-reactive ketones (excluding diaryl/α,β-unsaturated/α-hetero) is 1. The van der Waals surface area contributed by atoms with Crippen molar-refractivity contribution in [3.05, 3.63) is 41.1 Å². The van der Waals surface area contributed by atoms with Gasteiger partial charge in [-0.15, -0.1) is 0 Å². The lowest BCUT2D eigenvalue weighted by Gasteiger charge is -2.08. The van der Waals surface area contributed by atoms with Crippen molar-refractivity contribution in [2.24, 2.45) is 0 Å². The van der Waals surface area contributed by atoms with Gasteiger partial charge in [-0.2, -0.15) is 0 Å². The van der Waals surface area contributed by atoms with E-state index >= 15 is 0 Å². The van der Waals surface area contributed by atoms with Gasteiger partial charge in [-0.3, -0.25) is 9.59 Å². The molecule has 0 atom stereocenters. The van der Waals surface area contributed by atoms with E-state index in [1.54, 1.807) is 0 Å². The zero-order chi connectivity index (χ0) is 14.5. The Morgan fingerprint density at radius 1 is 1.10 bits per heavy atom. The molecular weight excluding hydrogens is 250 g/mol. The van der Waals surface area contributed by atoms with Gasteiger partial charge in [0.1, 0.15) is 0 Å². The van der Waals surface area contributed by atoms with E-state index in [-0.39, 0.29) is 11.7 Å². The molecule has 20 heavy (non-hydrogen) atoms. The number of carbonyl (C=O) groups excluding carboxylic acids is 2. The molecule has 3 nitrogen and oxygen atoms in total. The van der Waals surface area contributed by atoms with Crippen molar-refractivity contribution in [2.45, 2.75) is 46.0 Å². The largest absolute Gasteiger partial charge is 0.323 e. The van der Waals surface area contributed by atoms with Crippen LogP contribution < -0.4 is 5.32 Å². The first kappa shape index (κ1) is 14.5. The molecule has 0 aliphatic heterocycles. The van der Waals surface area contributed by atoms with Crippen molar-refractivity contribution in [1.82, 2.24) is 5.32 Å². The molecule has 106 valence electrons. The van der Waals surface area contributed by atoms with Crippen LogP contribution in [0.5, 0.6) is 0 Å². The van der Waals surface area contributed by atoms with Crippen molar-refractivity contribution in [1.29, 1.82) is 0 Å². The van der Waals surface area contributed by atoms with Crippen LogP contribution in [0.4, 0.5) is 0 Å². The second kappa shape index (κ2) is 6.51. The zero-order valence-corrected chi connectivity index (χ0v) is 12.2. The first-order valence-electron chi connectivity index (χ1n) is 7.36. The maximum atomic E-state index is 12.4. The predicted octanol–water partition coefficient (Wildman–Crippen LogP) is 3.70. The third-order valence-corrected chi connectivity index (χ3v) is 3.55. The van der Waals surface area contributed by atoms with Crippen LogP contribution in [0.15, 0.2) is 30.0 Å². The molecular formula is C17H21NO2. The van der Waals surface area contributed by atoms with Crippen molar-refractivity contribution >= 4 is 17.3 Å². The molecule has 0 heterocycles. The SMILES string of the molecule is CCCCC1=C(NC(=O)CCC)C(=O)c2ccccc21. The highest BCUT2D eigenvalue weighted by molar-refractivity contribution is 6.21. The summed E-state index contributed by atoms with van der Waals surface area (Å²) in [6.07, 6.45) is 4.15. The predicted molar refractivity (Wildman–Crippen MR) is 80.3 cm³/mol. The van der Waals surface area contributed by atoms with Crippen LogP contribution in [0.1, 0.15) is 61.9 Å². The molecule has 0 aromatic heterocycles. The first-order valence-corrected chi connectivity index (χ1v) is 7.36. The Morgan fingerprint density at radius 2 is 1.80 bits per heavy atom. The fourth-order valence-electron chi connectivity index (χ4n) is 2.53. The second-order valence-electron chi connectivity index (χ2n) is 5.13. The number of nitrogens with one attached hydrogen (secondary N) is 1. The van der Waals surface area contributed by atoms with Gasteiger partial charge in [-0.05, 0) is 30.4 Å². The maximum absolute atomic E-state index is 12.4. The van der Waals surface area contributed by atoms with Crippen LogP contribution in [0, 0.1) is 0 Å². The number of fused-ring (bicyclic) bond motifs is 1. The van der Waals surface area contributed by atoms with Crippen LogP contribution in [-0.4, -0.2) is 11.7 Å². The minimum atomic E-state index is -0.0716. The molecule has 1 aromatic rings. The maximum Gasteiger partial charge on any atom is 0.224 e. The molecule has 1 amide bonds. The van der Waals surface area contributed by atoms with Gasteiger partial charge in [0.25, 0.3) is 0 Å². The lowest BCUT2D eigenvalue weighted by molar-refractivity contribution is -0.120. The Morgan fingerprint density at radius 3 is 2.45 bits per heavy atom. The molecule has 0 spiro atoms. The van der Waals surface area contributed by atoms with Gasteiger partial charge in [0, 0.05) is 12.0 Å². The Kier molecular flexibility index (Phi) is 4.72. The number of carbonyl (C=O) groups is 2. The number of allylic oxidation sites excluding steroid dienone is 2. The Labute approximate surface area is 120 Å². The monoisotopic (exact) mass is 271 g/mol. The highest BCUT2D eigenvalue weighted by Gasteiger charge is 2.29. The van der Waals surface area contributed by atoms with E-state index in [2.05, 4.69) is 12.2 Å². The van der Waals surface area contributed by atoms with E-state index in [4.69, 9.17) is 0 Å². The highest BCUT2D eigenvalue weighted by Crippen LogP contribution is 2.34. The molecule has 0 bridgehead atoms. The molecule has 0 radical (unpaired) electrons. The normalized spacial score (nSPS) is 13.6. The fourth-order valence-corrected chi connectivity index (χ4v) is 2.53. The van der Waals surface area contributed by atoms with E-state index < -0.39 is 0 Å². The molecule has 1 aromatic carbocycles. The summed E-state index contributed by atoms with van der Waals surface area (Å²) in [5.74, 6) is -0.117. The molecule has 1 aliphatic carbocycles. The Balaban J connectivity index is 2.33. The highest BCUT2D eigenvalue weighted by atomic mass is 16.2. The molecule has 0 fully saturated rings. The minimum absolute atomic E-state index is 0.0452. The third-order valence-electron chi connectivity index (χ3n) is 3.55. The summed E-state index contributed by atoms with van der Waals surface area (Å²) >= 11 is 0. The third kappa shape index (κ3) is 2.82. The van der Waals surface area contributed by atoms with Crippen LogP contribution in [0.3, 0.4) is 0 Å². The van der Waals surface area contributed by atoms with Gasteiger partial charge in [0.15, 0.2) is 0 Å². The summed E-state index contributed by atoms with van der Waals surface area (Å²) in [5.41, 5.74) is 3.19. The second-order valence-corrected chi connectivity index (χ2v) is 5.13. The van der Waals surface area contributed by atoms with Gasteiger partial charge < -0.3 is 5.32 Å². The summed E-state index contributed by atoms with van der Waals surface area (Å²) < 4.78 is 0. The molecule has 2 rings (SSSR count). The summed E-state index contributed by atoms with van der Waals surface area (Å²) in [6, 6.07) is 7.61. The summed E-state index contributed by atoms with van der Waals surface area (Å²) in [4.78, 5) is 24.3. The average molecular weight is 271 g/mol. The van der Waals surface area contributed by atoms with Crippen LogP contribution in [0.25, 0.3) is 5.57 Å². The van der Waals surface area contributed by atoms with Gasteiger partial charge in [0.05, 0.1) is 5.70 Å². The summed E-state index contributed by atoms with van der Waals surface area (Å²) in [7, 11) is 0. The van der Waals surface area contributed by atoms with E-state index in [9.17, 15) is 9.59 Å². The number of amides is 1. The van der Waals surface area contributed by atoms with Gasteiger partial charge >= 0.3 is 0 Å². The van der Waals surface area contributed by atoms with E-state index in [1.165, 1.54) is 0 Å². The van der Waals surface area contributed by atoms with Crippen molar-refractivity contribution in [3.63, 3.8) is 0 Å². The fraction of sp³-hybridized carbons (Fsp3) is 0.412. The Hall–Kier alpha value is -1.90. The van der Waals surface area contributed by atoms with Gasteiger partial charge in [0.2, 0.25) is 11.7 Å². The molecule has 0 unspecified atom stereocenters. The standard InChI is InChI=1S/C17H21NO2/c1-3-5-9-13-12-10-6-7-11-14(12)17(20)16(13)18-15(19)8-4-2/h6-7,10-11H,3-5,8-9H2,1-2H3,(H,18,19,20). The number of benzene rings is 1. The first-order chi connectivity index (χ1) is 9.69. The van der Waals surface area contributed by atoms with Gasteiger partial charge in [-0.25, -0.2) is 0 Å². The number of rotatable bonds is 6. The quantitative estimate of drug-likeness (QED) is 0.857. The lowest BCUT2D eigenvalue weighted by Crippen LogP contribution is -2.26.